The van der Waals surface area contributed by atoms with Gasteiger partial charge in [0.25, 0.3) is 0 Å². The molecular weight excluding hydrogens is 905 g/mol. The second-order valence-electron chi connectivity index (χ2n) is 27.7. The van der Waals surface area contributed by atoms with Gasteiger partial charge in [-0.05, 0) is 334 Å². The maximum atomic E-state index is 15.6. The third-order valence-electron chi connectivity index (χ3n) is 25.7. The van der Waals surface area contributed by atoms with Crippen LogP contribution in [0.2, 0.25) is 0 Å². The molecule has 4 aliphatic carbocycles. The van der Waals surface area contributed by atoms with E-state index in [1.165, 1.54) is 0 Å². The molecule has 1 aliphatic heterocycles. The Balaban J connectivity index is 1.04. The summed E-state index contributed by atoms with van der Waals surface area (Å²) in [5, 5.41) is 88.3. The van der Waals surface area contributed by atoms with Crippen LogP contribution in [-0.4, -0.2) is 42.1 Å². The fraction of sp³-hybridized carbons (Fsp3) is 0.130. The molecule has 0 saturated carbocycles. The van der Waals surface area contributed by atoms with Gasteiger partial charge in [-0.1, -0.05) is 0 Å². The largest absolute Gasteiger partial charge is 0.444 e. The zero-order valence-electron chi connectivity index (χ0n) is 38.8. The van der Waals surface area contributed by atoms with E-state index in [-0.39, 0.29) is 12.5 Å². The molecule has 28 aromatic carbocycles. The van der Waals surface area contributed by atoms with Crippen molar-refractivity contribution >= 4 is 303 Å². The molecule has 1 saturated heterocycles. The van der Waals surface area contributed by atoms with Crippen molar-refractivity contribution in [3.63, 3.8) is 0 Å². The van der Waals surface area contributed by atoms with E-state index in [9.17, 15) is 4.79 Å². The molecule has 33 rings (SSSR count). The number of carbonyl (C=O) groups is 2. The predicted molar refractivity (Wildman–Crippen MR) is 305 cm³/mol. The highest BCUT2D eigenvalue weighted by Crippen LogP contribution is 2.85. The van der Waals surface area contributed by atoms with Crippen molar-refractivity contribution in [1.82, 2.24) is 10.2 Å². The van der Waals surface area contributed by atoms with Gasteiger partial charge in [-0.3, -0.25) is 4.79 Å². The number of alkyl carbamates (subject to hydrolysis) is 1. The van der Waals surface area contributed by atoms with Crippen molar-refractivity contribution in [2.45, 2.75) is 37.2 Å². The van der Waals surface area contributed by atoms with Crippen LogP contribution < -0.4 is 5.32 Å². The lowest BCUT2D eigenvalue weighted by molar-refractivity contribution is -0.129. The van der Waals surface area contributed by atoms with Gasteiger partial charge in [-0.2, -0.15) is 0 Å². The Hall–Kier alpha value is -8.80. The van der Waals surface area contributed by atoms with E-state index >= 15 is 4.79 Å². The van der Waals surface area contributed by atoms with E-state index in [4.69, 9.17) is 4.74 Å². The van der Waals surface area contributed by atoms with Crippen molar-refractivity contribution in [3.8, 4) is 0 Å². The van der Waals surface area contributed by atoms with Crippen LogP contribution in [0.4, 0.5) is 4.79 Å². The number of nitrogens with one attached hydrogen (secondary N) is 1. The molecule has 5 heteroatoms. The van der Waals surface area contributed by atoms with E-state index in [0.717, 1.165) is 0 Å². The summed E-state index contributed by atoms with van der Waals surface area (Å²) in [7, 11) is 0. The number of benzene rings is 18. The van der Waals surface area contributed by atoms with Crippen LogP contribution >= 0.6 is 0 Å². The standard InChI is InChI=1S/C69H16N2O3/c1-67(2,3)74-66(73)70-4-7(72)71-5-68-62-54-46-36-26-18-10-8-9-12-16-14(10)22-30-24(16)34-28-20(12)21-13(9)17-15-11(8)19(18)27-33-23(15)31-25(17)35-29(21)39-38(28)48-42(34)52-44(30)50(40(46)32(22)26)58(62)60(52)64-56(48)57-49(39)43(35)53-45(31)51-41(33)47(37(27)36)55(54)63(68)59(51)61(53)65(57)69(64,68)6-71/h4-6H2,1-3H3,(H,70,73). The Morgan fingerprint density at radius 2 is 0.486 bits per heavy atom. The topological polar surface area (TPSA) is 58.6 Å². The molecule has 2 amide bonds. The maximum absolute atomic E-state index is 15.6. The molecule has 320 valence electrons. The highest BCUT2D eigenvalue weighted by atomic mass is 16.6. The molecule has 0 unspecified atom stereocenters. The number of carbonyl (C=O) groups excluding carboxylic acids is 2. The van der Waals surface area contributed by atoms with Crippen LogP contribution in [0.1, 0.15) is 43.0 Å². The molecular formula is C69H16N2O3. The highest BCUT2D eigenvalue weighted by molar-refractivity contribution is 6.82. The molecule has 0 atom stereocenters. The molecule has 2 spiro atoms. The summed E-state index contributed by atoms with van der Waals surface area (Å²) >= 11 is 0. The summed E-state index contributed by atoms with van der Waals surface area (Å²) in [5.41, 5.74) is 4.60. The lowest BCUT2D eigenvalue weighted by atomic mass is 9.50. The lowest BCUT2D eigenvalue weighted by Gasteiger charge is -2.49. The first kappa shape index (κ1) is 29.0. The minimum atomic E-state index is -0.665. The van der Waals surface area contributed by atoms with Gasteiger partial charge in [0.2, 0.25) is 5.91 Å². The van der Waals surface area contributed by atoms with Crippen LogP contribution in [0.3, 0.4) is 0 Å². The minimum Gasteiger partial charge on any atom is -0.444 e. The molecule has 5 aliphatic rings. The van der Waals surface area contributed by atoms with E-state index in [1.54, 1.807) is 313 Å². The average Bonchev–Trinajstić information content (AvgIpc) is 4.39. The van der Waals surface area contributed by atoms with Gasteiger partial charge >= 0.3 is 6.09 Å². The molecule has 74 heavy (non-hydrogen) atoms. The lowest BCUT2D eigenvalue weighted by Crippen LogP contribution is -2.51. The molecule has 1 heterocycles. The SMILES string of the molecule is CC(C)(C)OC(=O)NCC(=O)N1CC23c4c5c6c7c8c9c(c%10c%11c2c2c4c4c%12c5c5c6c6c8c8c%13c9c9c%10c%10c%11c%11c2c2c4c4c%12c%12c5c5c6c8c6c8c%13c9c9c%10c%10c%11c2c2c4c4c%12c5c6c5c8c9c%10c2c45)C73C1. The molecule has 1 fully saturated rings. The van der Waals surface area contributed by atoms with Crippen LogP contribution in [-0.2, 0) is 20.4 Å². The second-order valence-corrected chi connectivity index (χ2v) is 27.7. The number of hydrogen-bond donors (Lipinski definition) is 1. The fourth-order valence-corrected chi connectivity index (χ4v) is 25.5. The third-order valence-corrected chi connectivity index (χ3v) is 25.7. The Morgan fingerprint density at radius 3 is 0.649 bits per heavy atom. The number of hydrogen-bond acceptors (Lipinski definition) is 3. The van der Waals surface area contributed by atoms with Gasteiger partial charge in [0, 0.05) is 13.1 Å². The summed E-state index contributed by atoms with van der Waals surface area (Å²) in [5.74, 6) is -0.00731. The fourth-order valence-electron chi connectivity index (χ4n) is 25.5. The monoisotopic (exact) mass is 920 g/mol. The van der Waals surface area contributed by atoms with Crippen LogP contribution in [0.25, 0.3) is 291 Å². The number of likely N-dealkylation sites (tertiary alicyclic amines) is 1. The van der Waals surface area contributed by atoms with Gasteiger partial charge in [0.05, 0.1) is 10.8 Å². The van der Waals surface area contributed by atoms with Crippen molar-refractivity contribution in [3.05, 3.63) is 22.3 Å². The molecule has 28 aromatic rings. The van der Waals surface area contributed by atoms with Gasteiger partial charge < -0.3 is 15.0 Å². The van der Waals surface area contributed by atoms with E-state index in [2.05, 4.69) is 10.2 Å². The smallest absolute Gasteiger partial charge is 0.408 e. The van der Waals surface area contributed by atoms with Crippen molar-refractivity contribution in [2.24, 2.45) is 0 Å². The molecule has 1 N–H and O–H groups in total. The average molecular weight is 921 g/mol. The minimum absolute atomic E-state index is 0.00731. The normalized spacial score (nSPS) is 22.1. The van der Waals surface area contributed by atoms with Crippen molar-refractivity contribution in [2.75, 3.05) is 19.6 Å². The summed E-state index contributed by atoms with van der Waals surface area (Å²) in [4.78, 5) is 31.4. The van der Waals surface area contributed by atoms with Crippen LogP contribution in [0.15, 0.2) is 0 Å². The first-order valence-electron chi connectivity index (χ1n) is 27.3. The zero-order valence-corrected chi connectivity index (χ0v) is 38.8. The Kier molecular flexibility index (Phi) is 2.59. The Bertz CT molecular complexity index is 6820. The quantitative estimate of drug-likeness (QED) is 0.176. The number of nitrogens with zero attached hydrogens (tertiary/aromatic N) is 1. The van der Waals surface area contributed by atoms with Crippen molar-refractivity contribution < 1.29 is 14.3 Å². The molecule has 5 nitrogen and oxygen atoms in total. The second kappa shape index (κ2) is 6.59. The summed E-state index contributed by atoms with van der Waals surface area (Å²) in [6, 6.07) is 0. The molecule has 0 bridgehead atoms. The van der Waals surface area contributed by atoms with Gasteiger partial charge in [-0.25, -0.2) is 4.79 Å². The summed E-state index contributed by atoms with van der Waals surface area (Å²) < 4.78 is 5.79. The van der Waals surface area contributed by atoms with Gasteiger partial charge in [0.1, 0.15) is 12.1 Å². The van der Waals surface area contributed by atoms with Crippen LogP contribution in [0.5, 0.6) is 0 Å². The highest BCUT2D eigenvalue weighted by Gasteiger charge is 2.73. The summed E-state index contributed by atoms with van der Waals surface area (Å²) in [6.07, 6.45) is -0.531. The van der Waals surface area contributed by atoms with Crippen LogP contribution in [0, 0.1) is 0 Å². The molecule has 0 radical (unpaired) electrons. The Labute approximate surface area is 404 Å². The third kappa shape index (κ3) is 1.62. The maximum Gasteiger partial charge on any atom is 0.408 e. The first-order valence-corrected chi connectivity index (χ1v) is 27.3. The molecule has 0 aromatic heterocycles. The van der Waals surface area contributed by atoms with Gasteiger partial charge in [-0.15, -0.1) is 0 Å². The van der Waals surface area contributed by atoms with E-state index in [0.29, 0.717) is 13.1 Å². The van der Waals surface area contributed by atoms with E-state index < -0.39 is 22.5 Å². The first-order chi connectivity index (χ1) is 36.3. The number of amides is 2. The predicted octanol–water partition coefficient (Wildman–Crippen LogP) is 16.7. The van der Waals surface area contributed by atoms with Gasteiger partial charge in [0.15, 0.2) is 0 Å². The van der Waals surface area contributed by atoms with E-state index in [1.807, 2.05) is 20.8 Å². The Morgan fingerprint density at radius 1 is 0.324 bits per heavy atom. The summed E-state index contributed by atoms with van der Waals surface area (Å²) in [6.45, 7) is 6.81. The zero-order chi connectivity index (χ0) is 45.3. The number of rotatable bonds is 2. The number of ether oxygens (including phenoxy) is 1. The van der Waals surface area contributed by atoms with Crippen molar-refractivity contribution in [1.29, 1.82) is 0 Å².